The standard InChI is InChI=1S/C20H10F7N3/c21-14-8-10(17-13(20(25,26)27)2-1-7-28-17)3-5-12(14)18-29-15-6-4-11(19(22,23)24)9-16(15)30-18/h1-9H,(H,29,30). The molecule has 0 aliphatic carbocycles. The number of rotatable bonds is 2. The van der Waals surface area contributed by atoms with Gasteiger partial charge in [0.1, 0.15) is 11.6 Å². The number of aromatic amines is 1. The van der Waals surface area contributed by atoms with Crippen LogP contribution in [0.5, 0.6) is 0 Å². The molecule has 0 atom stereocenters. The Labute approximate surface area is 164 Å². The molecular formula is C20H10F7N3. The third kappa shape index (κ3) is 3.60. The van der Waals surface area contributed by atoms with Crippen LogP contribution in [0.25, 0.3) is 33.7 Å². The molecule has 4 rings (SSSR count). The predicted octanol–water partition coefficient (Wildman–Crippen LogP) is 6.47. The van der Waals surface area contributed by atoms with Crippen LogP contribution in [-0.2, 0) is 12.4 Å². The molecule has 0 radical (unpaired) electrons. The van der Waals surface area contributed by atoms with Crippen LogP contribution in [0.15, 0.2) is 54.7 Å². The lowest BCUT2D eigenvalue weighted by Gasteiger charge is -2.12. The number of pyridine rings is 1. The average Bonchev–Trinajstić information content (AvgIpc) is 3.09. The van der Waals surface area contributed by atoms with Crippen molar-refractivity contribution < 1.29 is 30.7 Å². The minimum Gasteiger partial charge on any atom is -0.338 e. The zero-order chi connectivity index (χ0) is 21.7. The van der Waals surface area contributed by atoms with Gasteiger partial charge >= 0.3 is 12.4 Å². The van der Waals surface area contributed by atoms with Crippen LogP contribution >= 0.6 is 0 Å². The molecule has 0 aliphatic heterocycles. The van der Waals surface area contributed by atoms with Crippen molar-refractivity contribution >= 4 is 11.0 Å². The van der Waals surface area contributed by atoms with Gasteiger partial charge in [-0.1, -0.05) is 6.07 Å². The second-order valence-electron chi connectivity index (χ2n) is 6.41. The highest BCUT2D eigenvalue weighted by Gasteiger charge is 2.34. The number of hydrogen-bond acceptors (Lipinski definition) is 2. The molecule has 30 heavy (non-hydrogen) atoms. The molecule has 2 aromatic carbocycles. The van der Waals surface area contributed by atoms with Crippen molar-refractivity contribution in [3.63, 3.8) is 0 Å². The number of imidazole rings is 1. The number of nitrogens with zero attached hydrogens (tertiary/aromatic N) is 2. The largest absolute Gasteiger partial charge is 0.418 e. The second-order valence-corrected chi connectivity index (χ2v) is 6.41. The van der Waals surface area contributed by atoms with Gasteiger partial charge in [-0.25, -0.2) is 9.37 Å². The number of nitrogens with one attached hydrogen (secondary N) is 1. The first-order valence-electron chi connectivity index (χ1n) is 8.43. The maximum Gasteiger partial charge on any atom is 0.418 e. The molecule has 0 unspecified atom stereocenters. The van der Waals surface area contributed by atoms with Crippen molar-refractivity contribution in [3.8, 4) is 22.6 Å². The van der Waals surface area contributed by atoms with E-state index in [0.29, 0.717) is 0 Å². The summed E-state index contributed by atoms with van der Waals surface area (Å²) in [5.41, 5.74) is -2.31. The van der Waals surface area contributed by atoms with E-state index in [-0.39, 0.29) is 28.0 Å². The first-order valence-corrected chi connectivity index (χ1v) is 8.43. The molecule has 4 aromatic rings. The van der Waals surface area contributed by atoms with Gasteiger partial charge in [0.05, 0.1) is 33.4 Å². The van der Waals surface area contributed by atoms with E-state index in [9.17, 15) is 30.7 Å². The zero-order valence-electron chi connectivity index (χ0n) is 14.7. The van der Waals surface area contributed by atoms with Crippen molar-refractivity contribution in [2.24, 2.45) is 0 Å². The first-order chi connectivity index (χ1) is 14.0. The van der Waals surface area contributed by atoms with Gasteiger partial charge < -0.3 is 4.98 Å². The quantitative estimate of drug-likeness (QED) is 0.374. The van der Waals surface area contributed by atoms with Gasteiger partial charge in [-0.15, -0.1) is 0 Å². The fourth-order valence-electron chi connectivity index (χ4n) is 3.03. The van der Waals surface area contributed by atoms with Crippen LogP contribution in [-0.4, -0.2) is 15.0 Å². The van der Waals surface area contributed by atoms with Gasteiger partial charge in [0.15, 0.2) is 0 Å². The van der Waals surface area contributed by atoms with Gasteiger partial charge in [-0.2, -0.15) is 26.3 Å². The van der Waals surface area contributed by atoms with Crippen LogP contribution in [0.3, 0.4) is 0 Å². The normalized spacial score (nSPS) is 12.5. The Balaban J connectivity index is 1.76. The summed E-state index contributed by atoms with van der Waals surface area (Å²) in [5, 5.41) is 0. The minimum absolute atomic E-state index is 0.0485. The highest BCUT2D eigenvalue weighted by Crippen LogP contribution is 2.37. The van der Waals surface area contributed by atoms with E-state index in [1.165, 1.54) is 12.1 Å². The number of H-pyrrole nitrogens is 1. The number of fused-ring (bicyclic) bond motifs is 1. The molecule has 10 heteroatoms. The summed E-state index contributed by atoms with van der Waals surface area (Å²) in [4.78, 5) is 10.4. The zero-order valence-corrected chi connectivity index (χ0v) is 14.7. The Morgan fingerprint density at radius 3 is 2.27 bits per heavy atom. The van der Waals surface area contributed by atoms with Gasteiger partial charge in [-0.3, -0.25) is 4.98 Å². The molecule has 0 aliphatic rings. The number of benzene rings is 2. The maximum absolute atomic E-state index is 14.7. The molecule has 0 saturated carbocycles. The van der Waals surface area contributed by atoms with Gasteiger partial charge in [0.25, 0.3) is 0 Å². The summed E-state index contributed by atoms with van der Waals surface area (Å²) < 4.78 is 92.8. The molecule has 1 N–H and O–H groups in total. The van der Waals surface area contributed by atoms with Gasteiger partial charge in [0.2, 0.25) is 0 Å². The number of alkyl halides is 6. The molecule has 0 spiro atoms. The Morgan fingerprint density at radius 2 is 1.60 bits per heavy atom. The molecule has 154 valence electrons. The van der Waals surface area contributed by atoms with Crippen molar-refractivity contribution in [3.05, 3.63) is 71.7 Å². The van der Waals surface area contributed by atoms with E-state index in [1.807, 2.05) is 0 Å². The van der Waals surface area contributed by atoms with Crippen molar-refractivity contribution in [1.29, 1.82) is 0 Å². The molecule has 3 nitrogen and oxygen atoms in total. The van der Waals surface area contributed by atoms with E-state index < -0.39 is 35.0 Å². The lowest BCUT2D eigenvalue weighted by Crippen LogP contribution is -2.08. The Kier molecular flexibility index (Phi) is 4.52. The highest BCUT2D eigenvalue weighted by atomic mass is 19.4. The number of hydrogen-bond donors (Lipinski definition) is 1. The van der Waals surface area contributed by atoms with Crippen LogP contribution in [0, 0.1) is 5.82 Å². The van der Waals surface area contributed by atoms with Crippen molar-refractivity contribution in [2.75, 3.05) is 0 Å². The third-order valence-corrected chi connectivity index (χ3v) is 4.42. The predicted molar refractivity (Wildman–Crippen MR) is 94.7 cm³/mol. The van der Waals surface area contributed by atoms with E-state index >= 15 is 0 Å². The molecule has 0 bridgehead atoms. The molecular weight excluding hydrogens is 415 g/mol. The topological polar surface area (TPSA) is 41.6 Å². The van der Waals surface area contributed by atoms with E-state index in [0.717, 1.165) is 42.6 Å². The Morgan fingerprint density at radius 1 is 0.833 bits per heavy atom. The maximum atomic E-state index is 14.7. The number of halogens is 7. The SMILES string of the molecule is Fc1cc(-c2ncccc2C(F)(F)F)ccc1-c1nc2ccc(C(F)(F)F)cc2[nH]1. The summed E-state index contributed by atoms with van der Waals surface area (Å²) in [5.74, 6) is -0.952. The lowest BCUT2D eigenvalue weighted by atomic mass is 10.0. The molecule has 0 fully saturated rings. The Hall–Kier alpha value is -3.43. The minimum atomic E-state index is -4.67. The summed E-state index contributed by atoms with van der Waals surface area (Å²) in [7, 11) is 0. The molecule has 2 heterocycles. The smallest absolute Gasteiger partial charge is 0.338 e. The van der Waals surface area contributed by atoms with Crippen LogP contribution in [0.2, 0.25) is 0 Å². The summed E-state index contributed by atoms with van der Waals surface area (Å²) in [6.45, 7) is 0. The first kappa shape index (κ1) is 19.9. The number of aromatic nitrogens is 3. The lowest BCUT2D eigenvalue weighted by molar-refractivity contribution is -0.138. The molecule has 0 saturated heterocycles. The second kappa shape index (κ2) is 6.82. The van der Waals surface area contributed by atoms with Crippen molar-refractivity contribution in [1.82, 2.24) is 15.0 Å². The van der Waals surface area contributed by atoms with E-state index in [4.69, 9.17) is 0 Å². The fourth-order valence-corrected chi connectivity index (χ4v) is 3.03. The average molecular weight is 425 g/mol. The monoisotopic (exact) mass is 425 g/mol. The summed E-state index contributed by atoms with van der Waals surface area (Å²) in [6, 6.07) is 8.13. The Bertz CT molecular complexity index is 1240. The molecule has 2 aromatic heterocycles. The van der Waals surface area contributed by atoms with E-state index in [2.05, 4.69) is 15.0 Å². The van der Waals surface area contributed by atoms with Gasteiger partial charge in [-0.05, 0) is 42.5 Å². The highest BCUT2D eigenvalue weighted by molar-refractivity contribution is 5.81. The fraction of sp³-hybridized carbons (Fsp3) is 0.100. The van der Waals surface area contributed by atoms with Crippen LogP contribution in [0.1, 0.15) is 11.1 Å². The van der Waals surface area contributed by atoms with Crippen LogP contribution < -0.4 is 0 Å². The summed E-state index contributed by atoms with van der Waals surface area (Å²) in [6.07, 6.45) is -8.06. The third-order valence-electron chi connectivity index (χ3n) is 4.42. The summed E-state index contributed by atoms with van der Waals surface area (Å²) >= 11 is 0. The van der Waals surface area contributed by atoms with Gasteiger partial charge in [0, 0.05) is 11.8 Å². The van der Waals surface area contributed by atoms with E-state index in [1.54, 1.807) is 0 Å². The molecule has 0 amide bonds. The van der Waals surface area contributed by atoms with Crippen molar-refractivity contribution in [2.45, 2.75) is 12.4 Å². The van der Waals surface area contributed by atoms with Crippen LogP contribution in [0.4, 0.5) is 30.7 Å².